The van der Waals surface area contributed by atoms with Gasteiger partial charge < -0.3 is 14.5 Å². The van der Waals surface area contributed by atoms with Gasteiger partial charge in [0.1, 0.15) is 18.1 Å². The van der Waals surface area contributed by atoms with Crippen LogP contribution in [0.1, 0.15) is 0 Å². The molecule has 1 aliphatic rings. The van der Waals surface area contributed by atoms with Gasteiger partial charge >= 0.3 is 5.69 Å². The zero-order chi connectivity index (χ0) is 26.2. The first-order chi connectivity index (χ1) is 17.8. The summed E-state index contributed by atoms with van der Waals surface area (Å²) in [4.78, 5) is 30.2. The van der Waals surface area contributed by atoms with Crippen molar-refractivity contribution < 1.29 is 22.3 Å². The fraction of sp³-hybridized carbons (Fsp3) is 0.231. The molecule has 3 aromatic carbocycles. The Hall–Kier alpha value is -4.12. The van der Waals surface area contributed by atoms with Gasteiger partial charge in [0.05, 0.1) is 28.7 Å². The van der Waals surface area contributed by atoms with Crippen LogP contribution in [0.5, 0.6) is 5.75 Å². The molecular weight excluding hydrogens is 499 g/mol. The molecule has 1 saturated heterocycles. The van der Waals surface area contributed by atoms with Crippen LogP contribution in [0, 0.1) is 5.82 Å². The summed E-state index contributed by atoms with van der Waals surface area (Å²) in [5.74, 6) is -0.127. The van der Waals surface area contributed by atoms with E-state index in [0.717, 1.165) is 35.7 Å². The molecule has 1 aliphatic heterocycles. The Morgan fingerprint density at radius 3 is 2.19 bits per heavy atom. The number of piperazine rings is 1. The third kappa shape index (κ3) is 4.46. The molecule has 0 aliphatic carbocycles. The lowest BCUT2D eigenvalue weighted by atomic mass is 10.2. The number of benzene rings is 3. The van der Waals surface area contributed by atoms with Crippen LogP contribution in [0.3, 0.4) is 0 Å². The molecule has 0 radical (unpaired) electrons. The van der Waals surface area contributed by atoms with Crippen LogP contribution in [-0.2, 0) is 21.4 Å². The van der Waals surface area contributed by atoms with Gasteiger partial charge in [0, 0.05) is 26.2 Å². The number of amides is 1. The molecule has 1 fully saturated rings. The number of ether oxygens (including phenoxy) is 1. The maximum absolute atomic E-state index is 13.4. The molecule has 9 nitrogen and oxygen atoms in total. The summed E-state index contributed by atoms with van der Waals surface area (Å²) in [6, 6.07) is 18.3. The number of aromatic nitrogens is 2. The number of nitrogens with zero attached hydrogens (tertiary/aromatic N) is 4. The largest absolute Gasteiger partial charge is 0.495 e. The topological polar surface area (TPSA) is 93.8 Å². The van der Waals surface area contributed by atoms with Crippen LogP contribution < -0.4 is 15.3 Å². The molecule has 0 unspecified atom stereocenters. The second-order valence-electron chi connectivity index (χ2n) is 8.62. The lowest BCUT2D eigenvalue weighted by Crippen LogP contribution is -2.50. The minimum Gasteiger partial charge on any atom is -0.495 e. The minimum absolute atomic E-state index is 0.144. The van der Waals surface area contributed by atoms with Crippen molar-refractivity contribution in [3.8, 4) is 5.75 Å². The highest BCUT2D eigenvalue weighted by atomic mass is 32.2. The second-order valence-corrected chi connectivity index (χ2v) is 10.4. The van der Waals surface area contributed by atoms with Crippen molar-refractivity contribution in [1.29, 1.82) is 0 Å². The number of carbonyl (C=O) groups excluding carboxylic acids is 1. The van der Waals surface area contributed by atoms with Gasteiger partial charge in [0.2, 0.25) is 5.91 Å². The number of fused-ring (bicyclic) bond motifs is 1. The minimum atomic E-state index is -4.32. The Morgan fingerprint density at radius 2 is 1.51 bits per heavy atom. The molecule has 0 saturated carbocycles. The third-order valence-electron chi connectivity index (χ3n) is 6.50. The van der Waals surface area contributed by atoms with Crippen LogP contribution >= 0.6 is 0 Å². The Labute approximate surface area is 213 Å². The van der Waals surface area contributed by atoms with Gasteiger partial charge in [-0.2, -0.15) is 3.97 Å². The number of hydrogen-bond donors (Lipinski definition) is 0. The van der Waals surface area contributed by atoms with Crippen LogP contribution in [0.2, 0.25) is 0 Å². The van der Waals surface area contributed by atoms with E-state index in [9.17, 15) is 22.4 Å². The Balaban J connectivity index is 1.41. The maximum Gasteiger partial charge on any atom is 0.343 e. The molecule has 0 N–H and O–H groups in total. The molecule has 4 aromatic rings. The normalized spacial score (nSPS) is 14.2. The molecule has 2 heterocycles. The van der Waals surface area contributed by atoms with Crippen LogP contribution in [0.4, 0.5) is 10.1 Å². The monoisotopic (exact) mass is 524 g/mol. The molecule has 192 valence electrons. The average Bonchev–Trinajstić information content (AvgIpc) is 3.20. The SMILES string of the molecule is COc1ccccc1N1CCN(C(=O)Cn2c(=O)n(S(=O)(=O)c3ccc(F)cc3)c3ccccc32)CC1. The first-order valence-electron chi connectivity index (χ1n) is 11.7. The van der Waals surface area contributed by atoms with E-state index in [1.54, 1.807) is 30.2 Å². The molecule has 0 bridgehead atoms. The summed E-state index contributed by atoms with van der Waals surface area (Å²) in [5, 5.41) is 0. The van der Waals surface area contributed by atoms with Crippen molar-refractivity contribution in [1.82, 2.24) is 13.4 Å². The zero-order valence-electron chi connectivity index (χ0n) is 20.1. The van der Waals surface area contributed by atoms with E-state index in [2.05, 4.69) is 4.90 Å². The zero-order valence-corrected chi connectivity index (χ0v) is 20.9. The van der Waals surface area contributed by atoms with Crippen molar-refractivity contribution in [2.24, 2.45) is 0 Å². The quantitative estimate of drug-likeness (QED) is 0.385. The molecule has 5 rings (SSSR count). The molecule has 0 atom stereocenters. The number of halogens is 1. The summed E-state index contributed by atoms with van der Waals surface area (Å²) in [6.07, 6.45) is 0. The van der Waals surface area contributed by atoms with E-state index in [1.165, 1.54) is 10.6 Å². The molecule has 1 aromatic heterocycles. The smallest absolute Gasteiger partial charge is 0.343 e. The highest BCUT2D eigenvalue weighted by Crippen LogP contribution is 2.28. The van der Waals surface area contributed by atoms with E-state index in [0.29, 0.717) is 35.7 Å². The van der Waals surface area contributed by atoms with E-state index < -0.39 is 21.5 Å². The van der Waals surface area contributed by atoms with Crippen LogP contribution in [0.15, 0.2) is 82.5 Å². The summed E-state index contributed by atoms with van der Waals surface area (Å²) < 4.78 is 47.3. The lowest BCUT2D eigenvalue weighted by molar-refractivity contribution is -0.132. The fourth-order valence-corrected chi connectivity index (χ4v) is 6.01. The summed E-state index contributed by atoms with van der Waals surface area (Å²) in [7, 11) is -2.71. The first-order valence-corrected chi connectivity index (χ1v) is 13.1. The van der Waals surface area contributed by atoms with E-state index >= 15 is 0 Å². The fourth-order valence-electron chi connectivity index (χ4n) is 4.60. The predicted octanol–water partition coefficient (Wildman–Crippen LogP) is 2.54. The number of para-hydroxylation sites is 4. The number of anilines is 1. The van der Waals surface area contributed by atoms with Gasteiger partial charge in [-0.25, -0.2) is 17.6 Å². The third-order valence-corrected chi connectivity index (χ3v) is 8.20. The van der Waals surface area contributed by atoms with Gasteiger partial charge in [0.25, 0.3) is 10.0 Å². The van der Waals surface area contributed by atoms with Crippen molar-refractivity contribution in [2.75, 3.05) is 38.2 Å². The molecule has 0 spiro atoms. The summed E-state index contributed by atoms with van der Waals surface area (Å²) in [5.41, 5.74) is 0.554. The van der Waals surface area contributed by atoms with Crippen molar-refractivity contribution >= 4 is 32.7 Å². The Kier molecular flexibility index (Phi) is 6.46. The highest BCUT2D eigenvalue weighted by molar-refractivity contribution is 7.90. The van der Waals surface area contributed by atoms with E-state index in [4.69, 9.17) is 4.74 Å². The summed E-state index contributed by atoms with van der Waals surface area (Å²) in [6.45, 7) is 1.75. The maximum atomic E-state index is 13.4. The lowest BCUT2D eigenvalue weighted by Gasteiger charge is -2.36. The standard InChI is InChI=1S/C26H25FN4O5S/c1-36-24-9-5-4-8-23(24)28-14-16-29(17-15-28)25(32)18-30-21-6-2-3-7-22(21)31(26(30)33)37(34,35)20-12-10-19(27)11-13-20/h2-13H,14-18H2,1H3. The van der Waals surface area contributed by atoms with Gasteiger partial charge in [0.15, 0.2) is 0 Å². The number of carbonyl (C=O) groups is 1. The predicted molar refractivity (Wildman–Crippen MR) is 137 cm³/mol. The van der Waals surface area contributed by atoms with E-state index in [1.807, 2.05) is 24.3 Å². The van der Waals surface area contributed by atoms with Gasteiger partial charge in [-0.3, -0.25) is 9.36 Å². The molecule has 11 heteroatoms. The van der Waals surface area contributed by atoms with Crippen molar-refractivity contribution in [2.45, 2.75) is 11.4 Å². The molecular formula is C26H25FN4O5S. The second kappa shape index (κ2) is 9.74. The number of imidazole rings is 1. The van der Waals surface area contributed by atoms with Gasteiger partial charge in [-0.15, -0.1) is 0 Å². The Morgan fingerprint density at radius 1 is 0.892 bits per heavy atom. The number of hydrogen-bond acceptors (Lipinski definition) is 6. The highest BCUT2D eigenvalue weighted by Gasteiger charge is 2.28. The van der Waals surface area contributed by atoms with Crippen LogP contribution in [0.25, 0.3) is 11.0 Å². The van der Waals surface area contributed by atoms with Crippen molar-refractivity contribution in [3.05, 3.63) is 89.1 Å². The van der Waals surface area contributed by atoms with Gasteiger partial charge in [-0.1, -0.05) is 24.3 Å². The van der Waals surface area contributed by atoms with Gasteiger partial charge in [-0.05, 0) is 48.5 Å². The molecule has 1 amide bonds. The Bertz CT molecular complexity index is 1620. The first kappa shape index (κ1) is 24.6. The van der Waals surface area contributed by atoms with E-state index in [-0.39, 0.29) is 22.9 Å². The summed E-state index contributed by atoms with van der Waals surface area (Å²) >= 11 is 0. The van der Waals surface area contributed by atoms with Crippen molar-refractivity contribution in [3.63, 3.8) is 0 Å². The molecule has 37 heavy (non-hydrogen) atoms. The van der Waals surface area contributed by atoms with Crippen LogP contribution in [-0.4, -0.2) is 61.1 Å². The number of rotatable bonds is 6. The number of methoxy groups -OCH3 is 1. The average molecular weight is 525 g/mol.